The molecule has 11 nitrogen and oxygen atoms in total. The van der Waals surface area contributed by atoms with Crippen molar-refractivity contribution in [2.45, 2.75) is 37.5 Å². The lowest BCUT2D eigenvalue weighted by molar-refractivity contribution is 0.0256. The smallest absolute Gasteiger partial charge is 0.302 e. The van der Waals surface area contributed by atoms with Gasteiger partial charge in [-0.15, -0.1) is 11.3 Å². The predicted molar refractivity (Wildman–Crippen MR) is 175 cm³/mol. The molecule has 0 spiro atoms. The molecule has 2 saturated heterocycles. The first-order valence-corrected chi connectivity index (χ1v) is 16.7. The van der Waals surface area contributed by atoms with Crippen LogP contribution in [0.5, 0.6) is 5.75 Å². The summed E-state index contributed by atoms with van der Waals surface area (Å²) in [4.78, 5) is 8.40. The van der Waals surface area contributed by atoms with E-state index in [1.165, 1.54) is 18.3 Å². The molecule has 0 radical (unpaired) electrons. The summed E-state index contributed by atoms with van der Waals surface area (Å²) in [6.45, 7) is 1.32. The van der Waals surface area contributed by atoms with E-state index < -0.39 is 23.3 Å². The fraction of sp³-hybridized carbons (Fsp3) is 0.333. The number of rotatable bonds is 6. The number of nitrogens with zero attached hydrogens (tertiary/aromatic N) is 7. The van der Waals surface area contributed by atoms with Gasteiger partial charge in [-0.2, -0.15) is 15.6 Å². The molecule has 2 aromatic heterocycles. The predicted octanol–water partition coefficient (Wildman–Crippen LogP) is 4.09. The van der Waals surface area contributed by atoms with Gasteiger partial charge in [0.05, 0.1) is 61.6 Å². The van der Waals surface area contributed by atoms with Crippen molar-refractivity contribution in [3.63, 3.8) is 0 Å². The van der Waals surface area contributed by atoms with Crippen molar-refractivity contribution < 1.29 is 22.6 Å². The first-order chi connectivity index (χ1) is 23.6. The third kappa shape index (κ3) is 4.79. The Morgan fingerprint density at radius 1 is 1.29 bits per heavy atom. The van der Waals surface area contributed by atoms with Crippen molar-refractivity contribution in [3.8, 4) is 29.0 Å². The van der Waals surface area contributed by atoms with Crippen LogP contribution in [0.2, 0.25) is 5.02 Å². The number of aryl methyl sites for hydroxylation is 1. The van der Waals surface area contributed by atoms with Crippen LogP contribution in [0.1, 0.15) is 36.1 Å². The fourth-order valence-electron chi connectivity index (χ4n) is 7.46. The standard InChI is InChI=1S/C33H27ClF3N9O2S/c1-44-21(16(8-38)10-43-44)12-45-13-22(47-14-33-5-2-6-46(33)11-17(35)7-33)48-29-25-28(41-15-42-32(25)45)26(34)24(27(29)37)18-3-4-20(36)30-23(18)19(9-39)31(40)49-30/h3-4,10,13,17,42H,2,5-7,11-12,14-15,40H2,1H3/t17-,33+/m1/s1. The van der Waals surface area contributed by atoms with Crippen molar-refractivity contribution in [1.29, 1.82) is 10.5 Å². The molecule has 2 fully saturated rings. The number of hydrogen-bond donors (Lipinski definition) is 2. The van der Waals surface area contributed by atoms with E-state index in [1.54, 1.807) is 22.8 Å². The third-order valence-corrected chi connectivity index (χ3v) is 11.1. The van der Waals surface area contributed by atoms with Crippen LogP contribution < -0.4 is 26.4 Å². The Kier molecular flexibility index (Phi) is 7.40. The van der Waals surface area contributed by atoms with Gasteiger partial charge in [0.25, 0.3) is 0 Å². The van der Waals surface area contributed by atoms with Crippen LogP contribution in [0.15, 0.2) is 35.5 Å². The third-order valence-electron chi connectivity index (χ3n) is 9.73. The highest BCUT2D eigenvalue weighted by Crippen LogP contribution is 2.45. The lowest BCUT2D eigenvalue weighted by atomic mass is 9.95. The van der Waals surface area contributed by atoms with E-state index >= 15 is 4.39 Å². The number of alkyl halides is 1. The zero-order chi connectivity index (χ0) is 34.2. The second kappa shape index (κ2) is 11.6. The minimum Gasteiger partial charge on any atom is -0.462 e. The molecule has 6 heterocycles. The molecule has 2 atom stereocenters. The van der Waals surface area contributed by atoms with Gasteiger partial charge in [0.15, 0.2) is 11.6 Å². The van der Waals surface area contributed by atoms with Gasteiger partial charge in [0.2, 0.25) is 0 Å². The molecular weight excluding hydrogens is 679 g/mol. The van der Waals surface area contributed by atoms with E-state index in [0.717, 1.165) is 30.7 Å². The topological polar surface area (TPSA) is 141 Å². The molecule has 4 aliphatic heterocycles. The maximum absolute atomic E-state index is 17.2. The van der Waals surface area contributed by atoms with Crippen molar-refractivity contribution in [2.24, 2.45) is 12.0 Å². The van der Waals surface area contributed by atoms with E-state index in [2.05, 4.69) is 26.4 Å². The number of thiophene rings is 1. The molecule has 3 N–H and O–H groups in total. The molecule has 250 valence electrons. The first kappa shape index (κ1) is 31.3. The van der Waals surface area contributed by atoms with Gasteiger partial charge < -0.3 is 25.4 Å². The highest BCUT2D eigenvalue weighted by Gasteiger charge is 2.49. The average Bonchev–Trinajstić information content (AvgIpc) is 3.79. The Bertz CT molecular complexity index is 2330. The minimum atomic E-state index is -0.985. The van der Waals surface area contributed by atoms with Crippen molar-refractivity contribution in [1.82, 2.24) is 24.9 Å². The Morgan fingerprint density at radius 3 is 2.92 bits per heavy atom. The number of anilines is 1. The summed E-state index contributed by atoms with van der Waals surface area (Å²) in [5.41, 5.74) is 6.45. The van der Waals surface area contributed by atoms with Crippen LogP contribution in [-0.4, -0.2) is 57.7 Å². The summed E-state index contributed by atoms with van der Waals surface area (Å²) in [6.07, 6.45) is 3.97. The van der Waals surface area contributed by atoms with Crippen LogP contribution >= 0.6 is 22.9 Å². The number of nitriles is 2. The maximum atomic E-state index is 17.2. The summed E-state index contributed by atoms with van der Waals surface area (Å²) >= 11 is 7.89. The van der Waals surface area contributed by atoms with E-state index in [0.29, 0.717) is 30.0 Å². The Balaban J connectivity index is 1.33. The number of nitrogen functional groups attached to an aromatic ring is 1. The zero-order valence-corrected chi connectivity index (χ0v) is 27.6. The van der Waals surface area contributed by atoms with E-state index in [9.17, 15) is 19.3 Å². The van der Waals surface area contributed by atoms with Crippen LogP contribution in [0.3, 0.4) is 0 Å². The normalized spacial score (nSPS) is 21.2. The number of hydrogen-bond acceptors (Lipinski definition) is 11. The highest BCUT2D eigenvalue weighted by atomic mass is 35.5. The zero-order valence-electron chi connectivity index (χ0n) is 26.0. The summed E-state index contributed by atoms with van der Waals surface area (Å²) in [7, 11) is 1.71. The van der Waals surface area contributed by atoms with Gasteiger partial charge in [0.1, 0.15) is 48.2 Å². The van der Waals surface area contributed by atoms with Crippen molar-refractivity contribution >= 4 is 43.8 Å². The number of aromatic nitrogens is 2. The van der Waals surface area contributed by atoms with E-state index in [1.807, 2.05) is 6.07 Å². The number of ether oxygens (including phenoxy) is 2. The lowest BCUT2D eigenvalue weighted by Gasteiger charge is -2.31. The largest absolute Gasteiger partial charge is 0.462 e. The molecule has 2 aromatic carbocycles. The van der Waals surface area contributed by atoms with Gasteiger partial charge in [-0.05, 0) is 31.0 Å². The molecule has 0 bridgehead atoms. The number of nitrogens with two attached hydrogens (primary N) is 1. The molecule has 0 unspecified atom stereocenters. The van der Waals surface area contributed by atoms with Crippen molar-refractivity contribution in [2.75, 3.05) is 32.1 Å². The Morgan fingerprint density at radius 2 is 2.12 bits per heavy atom. The molecular formula is C33H27ClF3N9O2S. The van der Waals surface area contributed by atoms with Crippen LogP contribution in [-0.2, 0) is 18.3 Å². The molecule has 0 saturated carbocycles. The molecule has 0 aliphatic carbocycles. The van der Waals surface area contributed by atoms with Crippen molar-refractivity contribution in [3.05, 3.63) is 74.5 Å². The maximum Gasteiger partial charge on any atom is 0.302 e. The summed E-state index contributed by atoms with van der Waals surface area (Å²) in [6, 6.07) is 6.69. The molecule has 16 heteroatoms. The molecule has 4 aromatic rings. The second-order valence-electron chi connectivity index (χ2n) is 12.4. The monoisotopic (exact) mass is 705 g/mol. The average molecular weight is 706 g/mol. The number of halogens is 4. The van der Waals surface area contributed by atoms with Gasteiger partial charge in [0, 0.05) is 31.0 Å². The highest BCUT2D eigenvalue weighted by molar-refractivity contribution is 7.23. The minimum absolute atomic E-state index is 0.00278. The lowest BCUT2D eigenvalue weighted by Crippen LogP contribution is -2.44. The fourth-order valence-corrected chi connectivity index (χ4v) is 8.75. The van der Waals surface area contributed by atoms with E-state index in [-0.39, 0.29) is 78.9 Å². The first-order valence-electron chi connectivity index (χ1n) is 15.5. The summed E-state index contributed by atoms with van der Waals surface area (Å²) in [5, 5.41) is 27.7. The molecule has 4 aliphatic rings. The summed E-state index contributed by atoms with van der Waals surface area (Å²) in [5.74, 6) is -1.49. The molecule has 49 heavy (non-hydrogen) atoms. The SMILES string of the molecule is Cn1ncc(C#N)c1CN1C=C(OC[C@@]23CCCN2C[C@H](F)C3)Oc2c(F)c(-c3ccc(F)c4sc(N)c(C#N)c34)c(Cl)c3c2=C1NCN=3. The van der Waals surface area contributed by atoms with Gasteiger partial charge >= 0.3 is 5.95 Å². The van der Waals surface area contributed by atoms with Crippen LogP contribution in [0, 0.1) is 34.3 Å². The molecule has 0 amide bonds. The Labute approximate surface area is 286 Å². The van der Waals surface area contributed by atoms with E-state index in [4.69, 9.17) is 26.8 Å². The van der Waals surface area contributed by atoms with Gasteiger partial charge in [-0.1, -0.05) is 17.7 Å². The number of benzene rings is 2. The number of nitrogens with one attached hydrogen (secondary N) is 1. The van der Waals surface area contributed by atoms with Crippen LogP contribution in [0.25, 0.3) is 27.0 Å². The summed E-state index contributed by atoms with van der Waals surface area (Å²) < 4.78 is 61.1. The van der Waals surface area contributed by atoms with Crippen LogP contribution in [0.4, 0.5) is 18.2 Å². The Hall–Kier alpha value is -4.96. The van der Waals surface area contributed by atoms with Gasteiger partial charge in [-0.25, -0.2) is 13.2 Å². The quantitative estimate of drug-likeness (QED) is 0.304. The molecule has 8 rings (SSSR count). The van der Waals surface area contributed by atoms with Gasteiger partial charge in [-0.3, -0.25) is 14.6 Å². The second-order valence-corrected chi connectivity index (χ2v) is 13.9. The number of fused-ring (bicyclic) bond motifs is 2.